The van der Waals surface area contributed by atoms with Gasteiger partial charge in [0.25, 0.3) is 0 Å². The molecule has 0 N–H and O–H groups in total. The van der Waals surface area contributed by atoms with Crippen LogP contribution in [0.1, 0.15) is 50.8 Å². The van der Waals surface area contributed by atoms with Gasteiger partial charge in [-0.15, -0.1) is 0 Å². The molecule has 2 aromatic carbocycles. The predicted molar refractivity (Wildman–Crippen MR) is 115 cm³/mol. The molecule has 0 bridgehead atoms. The van der Waals surface area contributed by atoms with Crippen molar-refractivity contribution in [2.75, 3.05) is 11.5 Å². The molecular formula is C23H26BrNO3. The summed E-state index contributed by atoms with van der Waals surface area (Å²) in [6.45, 7) is 10.1. The highest BCUT2D eigenvalue weighted by atomic mass is 79.9. The summed E-state index contributed by atoms with van der Waals surface area (Å²) in [5, 5.41) is 0. The van der Waals surface area contributed by atoms with Crippen molar-refractivity contribution < 1.29 is 14.3 Å². The van der Waals surface area contributed by atoms with Crippen LogP contribution < -0.4 is 4.90 Å². The molecule has 1 amide bonds. The van der Waals surface area contributed by atoms with E-state index >= 15 is 0 Å². The zero-order valence-electron chi connectivity index (χ0n) is 17.0. The molecule has 0 aromatic heterocycles. The van der Waals surface area contributed by atoms with E-state index in [2.05, 4.69) is 41.1 Å². The monoisotopic (exact) mass is 443 g/mol. The Hall–Kier alpha value is -2.14. The highest BCUT2D eigenvalue weighted by Gasteiger charge is 2.49. The minimum absolute atomic E-state index is 0.177. The number of esters is 1. The number of carbonyl (C=O) groups excluding carboxylic acids is 2. The third-order valence-corrected chi connectivity index (χ3v) is 6.04. The molecule has 3 rings (SSSR count). The second kappa shape index (κ2) is 7.36. The molecule has 0 spiro atoms. The second-order valence-corrected chi connectivity index (χ2v) is 9.13. The van der Waals surface area contributed by atoms with Crippen molar-refractivity contribution in [3.8, 4) is 0 Å². The van der Waals surface area contributed by atoms with Crippen LogP contribution in [0.15, 0.2) is 46.9 Å². The van der Waals surface area contributed by atoms with Crippen molar-refractivity contribution in [3.63, 3.8) is 0 Å². The number of ether oxygens (including phenoxy) is 1. The van der Waals surface area contributed by atoms with E-state index in [4.69, 9.17) is 4.74 Å². The molecule has 4 nitrogen and oxygen atoms in total. The van der Waals surface area contributed by atoms with Crippen molar-refractivity contribution in [2.24, 2.45) is 0 Å². The van der Waals surface area contributed by atoms with Crippen molar-refractivity contribution in [2.45, 2.75) is 52.0 Å². The summed E-state index contributed by atoms with van der Waals surface area (Å²) in [7, 11) is 0. The molecule has 0 saturated carbocycles. The van der Waals surface area contributed by atoms with Gasteiger partial charge in [0, 0.05) is 21.1 Å². The molecule has 1 heterocycles. The minimum atomic E-state index is -0.811. The summed E-state index contributed by atoms with van der Waals surface area (Å²) in [6.07, 6.45) is 0.684. The van der Waals surface area contributed by atoms with Gasteiger partial charge in [-0.2, -0.15) is 0 Å². The molecule has 5 heteroatoms. The maximum Gasteiger partial charge on any atom is 0.397 e. The van der Waals surface area contributed by atoms with Crippen LogP contribution in [0.4, 0.5) is 5.69 Å². The summed E-state index contributed by atoms with van der Waals surface area (Å²) in [6, 6.07) is 14.4. The van der Waals surface area contributed by atoms with Crippen molar-refractivity contribution in [1.82, 2.24) is 0 Å². The van der Waals surface area contributed by atoms with Crippen LogP contribution in [0.25, 0.3) is 0 Å². The Kier molecular flexibility index (Phi) is 5.41. The van der Waals surface area contributed by atoms with Crippen molar-refractivity contribution >= 4 is 33.5 Å². The van der Waals surface area contributed by atoms with Crippen LogP contribution in [0.2, 0.25) is 0 Å². The molecule has 0 aliphatic carbocycles. The standard InChI is InChI=1S/C23H26BrNO3/c1-6-28-21(27)20(26)25-19-12-7-15(2)13-18(19)23(5,14-22(25,3)4)16-8-10-17(24)11-9-16/h7-13H,6,14H2,1-5H3/t23-/m0/s1. The van der Waals surface area contributed by atoms with Gasteiger partial charge >= 0.3 is 11.9 Å². The van der Waals surface area contributed by atoms with Crippen LogP contribution in [0.5, 0.6) is 0 Å². The largest absolute Gasteiger partial charge is 0.459 e. The maximum absolute atomic E-state index is 13.0. The third-order valence-electron chi connectivity index (χ3n) is 5.51. The van der Waals surface area contributed by atoms with Crippen LogP contribution in [-0.2, 0) is 19.7 Å². The Labute approximate surface area is 175 Å². The lowest BCUT2D eigenvalue weighted by Crippen LogP contribution is -2.57. The first kappa shape index (κ1) is 20.6. The molecule has 1 aliphatic rings. The Morgan fingerprint density at radius 1 is 1.11 bits per heavy atom. The van der Waals surface area contributed by atoms with E-state index in [9.17, 15) is 9.59 Å². The van der Waals surface area contributed by atoms with E-state index in [1.165, 1.54) is 5.56 Å². The molecule has 2 aromatic rings. The van der Waals surface area contributed by atoms with E-state index in [1.807, 2.05) is 45.0 Å². The number of nitrogens with zero attached hydrogens (tertiary/aromatic N) is 1. The average Bonchev–Trinajstić information content (AvgIpc) is 2.62. The molecule has 1 atom stereocenters. The molecule has 0 saturated heterocycles. The number of rotatable bonds is 2. The fourth-order valence-electron chi connectivity index (χ4n) is 4.40. The van der Waals surface area contributed by atoms with Gasteiger partial charge in [0.05, 0.1) is 6.61 Å². The quantitative estimate of drug-likeness (QED) is 0.476. The third kappa shape index (κ3) is 3.48. The smallest absolute Gasteiger partial charge is 0.397 e. The summed E-state index contributed by atoms with van der Waals surface area (Å²) in [4.78, 5) is 26.9. The van der Waals surface area contributed by atoms with E-state index in [1.54, 1.807) is 11.8 Å². The number of anilines is 1. The molecule has 28 heavy (non-hydrogen) atoms. The molecule has 0 fully saturated rings. The summed E-state index contributed by atoms with van der Waals surface area (Å²) in [5.41, 5.74) is 3.26. The van der Waals surface area contributed by atoms with Crippen molar-refractivity contribution in [3.05, 3.63) is 63.6 Å². The number of benzene rings is 2. The van der Waals surface area contributed by atoms with Gasteiger partial charge < -0.3 is 4.74 Å². The van der Waals surface area contributed by atoms with Crippen molar-refractivity contribution in [1.29, 1.82) is 0 Å². The summed E-state index contributed by atoms with van der Waals surface area (Å²) >= 11 is 3.51. The molecule has 148 valence electrons. The Morgan fingerprint density at radius 3 is 2.36 bits per heavy atom. The van der Waals surface area contributed by atoms with Crippen LogP contribution in [0.3, 0.4) is 0 Å². The van der Waals surface area contributed by atoms with Gasteiger partial charge in [-0.3, -0.25) is 9.69 Å². The average molecular weight is 444 g/mol. The first-order chi connectivity index (χ1) is 13.1. The maximum atomic E-state index is 13.0. The zero-order valence-corrected chi connectivity index (χ0v) is 18.6. The fourth-order valence-corrected chi connectivity index (χ4v) is 4.66. The summed E-state index contributed by atoms with van der Waals surface area (Å²) < 4.78 is 6.03. The van der Waals surface area contributed by atoms with E-state index in [0.29, 0.717) is 6.42 Å². The fraction of sp³-hybridized carbons (Fsp3) is 0.391. The van der Waals surface area contributed by atoms with Gasteiger partial charge in [0.2, 0.25) is 0 Å². The SMILES string of the molecule is CCOC(=O)C(=O)N1c2ccc(C)cc2[C@](C)(c2ccc(Br)cc2)CC1(C)C. The van der Waals surface area contributed by atoms with Gasteiger partial charge in [-0.05, 0) is 63.4 Å². The van der Waals surface area contributed by atoms with E-state index < -0.39 is 17.4 Å². The van der Waals surface area contributed by atoms with Gasteiger partial charge in [-0.1, -0.05) is 52.7 Å². The number of hydrogen-bond donors (Lipinski definition) is 0. The van der Waals surface area contributed by atoms with E-state index in [-0.39, 0.29) is 12.0 Å². The van der Waals surface area contributed by atoms with Crippen LogP contribution in [0, 0.1) is 6.92 Å². The van der Waals surface area contributed by atoms with Gasteiger partial charge in [0.1, 0.15) is 0 Å². The normalized spacial score (nSPS) is 20.4. The Bertz CT molecular complexity index is 920. The summed E-state index contributed by atoms with van der Waals surface area (Å²) in [5.74, 6) is -1.43. The number of halogens is 1. The molecule has 0 radical (unpaired) electrons. The molecule has 0 unspecified atom stereocenters. The first-order valence-electron chi connectivity index (χ1n) is 9.48. The predicted octanol–water partition coefficient (Wildman–Crippen LogP) is 5.14. The van der Waals surface area contributed by atoms with Crippen LogP contribution >= 0.6 is 15.9 Å². The minimum Gasteiger partial charge on any atom is -0.459 e. The lowest BCUT2D eigenvalue weighted by Gasteiger charge is -2.51. The number of carbonyl (C=O) groups is 2. The first-order valence-corrected chi connectivity index (χ1v) is 10.3. The molecule has 1 aliphatic heterocycles. The number of hydrogen-bond acceptors (Lipinski definition) is 3. The van der Waals surface area contributed by atoms with Gasteiger partial charge in [0.15, 0.2) is 0 Å². The number of amides is 1. The lowest BCUT2D eigenvalue weighted by atomic mass is 9.65. The second-order valence-electron chi connectivity index (χ2n) is 8.21. The number of fused-ring (bicyclic) bond motifs is 1. The van der Waals surface area contributed by atoms with Crippen LogP contribution in [-0.4, -0.2) is 24.0 Å². The van der Waals surface area contributed by atoms with Gasteiger partial charge in [-0.25, -0.2) is 4.79 Å². The topological polar surface area (TPSA) is 46.6 Å². The zero-order chi connectivity index (χ0) is 20.7. The number of aryl methyl sites for hydroxylation is 1. The molecular weight excluding hydrogens is 418 g/mol. The lowest BCUT2D eigenvalue weighted by molar-refractivity contribution is -0.153. The highest BCUT2D eigenvalue weighted by molar-refractivity contribution is 9.10. The highest BCUT2D eigenvalue weighted by Crippen LogP contribution is 2.50. The Morgan fingerprint density at radius 2 is 1.75 bits per heavy atom. The van der Waals surface area contributed by atoms with E-state index in [0.717, 1.165) is 21.3 Å². The Balaban J connectivity index is 2.21.